The molecule has 2 unspecified atom stereocenters. The van der Waals surface area contributed by atoms with Crippen LogP contribution in [-0.4, -0.2) is 19.3 Å². The maximum Gasteiger partial charge on any atom is 0.425 e. The van der Waals surface area contributed by atoms with Crippen molar-refractivity contribution in [3.05, 3.63) is 28.2 Å². The fraction of sp³-hybridized carbons (Fsp3) is 0.500. The molecule has 0 fully saturated rings. The van der Waals surface area contributed by atoms with Crippen molar-refractivity contribution in [2.24, 2.45) is 0 Å². The van der Waals surface area contributed by atoms with Gasteiger partial charge in [0.25, 0.3) is 0 Å². The Hall–Kier alpha value is -0.750. The SMILES string of the molecule is CNC(C)c1ccc(OC(C)C(F)(F)F)cc1Br. The van der Waals surface area contributed by atoms with Crippen LogP contribution in [0.1, 0.15) is 25.5 Å². The first kappa shape index (κ1) is 15.3. The summed E-state index contributed by atoms with van der Waals surface area (Å²) in [6, 6.07) is 4.93. The van der Waals surface area contributed by atoms with Crippen molar-refractivity contribution in [2.45, 2.75) is 32.2 Å². The number of rotatable bonds is 4. The topological polar surface area (TPSA) is 21.3 Å². The van der Waals surface area contributed by atoms with E-state index in [4.69, 9.17) is 4.74 Å². The Morgan fingerprint density at radius 2 is 1.89 bits per heavy atom. The highest BCUT2D eigenvalue weighted by molar-refractivity contribution is 9.10. The summed E-state index contributed by atoms with van der Waals surface area (Å²) in [7, 11) is 1.81. The summed E-state index contributed by atoms with van der Waals surface area (Å²) in [5.41, 5.74) is 0.963. The lowest BCUT2D eigenvalue weighted by Crippen LogP contribution is -2.31. The lowest BCUT2D eigenvalue weighted by atomic mass is 10.1. The van der Waals surface area contributed by atoms with E-state index in [1.807, 2.05) is 14.0 Å². The number of halogens is 4. The molecular formula is C12H15BrF3NO. The van der Waals surface area contributed by atoms with Crippen LogP contribution in [0.15, 0.2) is 22.7 Å². The van der Waals surface area contributed by atoms with Gasteiger partial charge in [-0.25, -0.2) is 0 Å². The smallest absolute Gasteiger partial charge is 0.425 e. The molecule has 2 nitrogen and oxygen atoms in total. The summed E-state index contributed by atoms with van der Waals surface area (Å²) in [6.45, 7) is 2.94. The Bertz CT molecular complexity index is 409. The molecule has 6 heteroatoms. The Kier molecular flexibility index (Phi) is 5.04. The highest BCUT2D eigenvalue weighted by atomic mass is 79.9. The number of ether oxygens (including phenoxy) is 1. The number of nitrogens with one attached hydrogen (secondary N) is 1. The minimum absolute atomic E-state index is 0.105. The van der Waals surface area contributed by atoms with Crippen LogP contribution >= 0.6 is 15.9 Å². The number of hydrogen-bond acceptors (Lipinski definition) is 2. The van der Waals surface area contributed by atoms with Crippen LogP contribution < -0.4 is 10.1 Å². The predicted molar refractivity (Wildman–Crippen MR) is 67.8 cm³/mol. The van der Waals surface area contributed by atoms with Gasteiger partial charge in [-0.3, -0.25) is 0 Å². The highest BCUT2D eigenvalue weighted by Gasteiger charge is 2.38. The van der Waals surface area contributed by atoms with Gasteiger partial charge < -0.3 is 10.1 Å². The Morgan fingerprint density at radius 1 is 1.28 bits per heavy atom. The monoisotopic (exact) mass is 325 g/mol. The van der Waals surface area contributed by atoms with Crippen LogP contribution in [0.25, 0.3) is 0 Å². The Balaban J connectivity index is 2.85. The molecule has 18 heavy (non-hydrogen) atoms. The van der Waals surface area contributed by atoms with Gasteiger partial charge in [0.1, 0.15) is 5.75 Å². The molecule has 0 aromatic heterocycles. The molecule has 0 aliphatic heterocycles. The van der Waals surface area contributed by atoms with Crippen molar-refractivity contribution in [1.29, 1.82) is 0 Å². The van der Waals surface area contributed by atoms with E-state index in [1.54, 1.807) is 12.1 Å². The minimum atomic E-state index is -4.36. The molecule has 1 N–H and O–H groups in total. The van der Waals surface area contributed by atoms with Gasteiger partial charge in [-0.15, -0.1) is 0 Å². The van der Waals surface area contributed by atoms with E-state index in [9.17, 15) is 13.2 Å². The molecule has 2 atom stereocenters. The molecule has 0 bridgehead atoms. The first-order chi connectivity index (χ1) is 8.25. The summed E-state index contributed by atoms with van der Waals surface area (Å²) in [4.78, 5) is 0. The third-order valence-electron chi connectivity index (χ3n) is 2.65. The second-order valence-electron chi connectivity index (χ2n) is 4.00. The van der Waals surface area contributed by atoms with E-state index in [2.05, 4.69) is 21.2 Å². The molecule has 1 rings (SSSR count). The molecule has 0 radical (unpaired) electrons. The van der Waals surface area contributed by atoms with E-state index in [-0.39, 0.29) is 11.8 Å². The zero-order chi connectivity index (χ0) is 13.9. The van der Waals surface area contributed by atoms with E-state index in [0.717, 1.165) is 17.0 Å². The summed E-state index contributed by atoms with van der Waals surface area (Å²) < 4.78 is 42.6. The highest BCUT2D eigenvalue weighted by Crippen LogP contribution is 2.30. The van der Waals surface area contributed by atoms with Gasteiger partial charge in [-0.2, -0.15) is 13.2 Å². The van der Waals surface area contributed by atoms with E-state index in [1.165, 1.54) is 6.07 Å². The molecule has 1 aromatic carbocycles. The van der Waals surface area contributed by atoms with Crippen molar-refractivity contribution in [3.63, 3.8) is 0 Å². The lowest BCUT2D eigenvalue weighted by Gasteiger charge is -2.19. The molecule has 0 saturated heterocycles. The summed E-state index contributed by atoms with van der Waals surface area (Å²) in [6.07, 6.45) is -6.18. The maximum atomic E-state index is 12.4. The summed E-state index contributed by atoms with van der Waals surface area (Å²) in [5, 5.41) is 3.06. The number of alkyl halides is 3. The van der Waals surface area contributed by atoms with Crippen LogP contribution in [0.5, 0.6) is 5.75 Å². The van der Waals surface area contributed by atoms with Gasteiger partial charge in [-0.05, 0) is 38.6 Å². The zero-order valence-corrected chi connectivity index (χ0v) is 11.9. The summed E-state index contributed by atoms with van der Waals surface area (Å²) >= 11 is 3.33. The van der Waals surface area contributed by atoms with Crippen LogP contribution in [0.4, 0.5) is 13.2 Å². The van der Waals surface area contributed by atoms with Crippen LogP contribution in [-0.2, 0) is 0 Å². The standard InChI is InChI=1S/C12H15BrF3NO/c1-7(17-3)10-5-4-9(6-11(10)13)18-8(2)12(14,15)16/h4-8,17H,1-3H3. The lowest BCUT2D eigenvalue weighted by molar-refractivity contribution is -0.189. The molecule has 1 aromatic rings. The van der Waals surface area contributed by atoms with E-state index in [0.29, 0.717) is 0 Å². The third-order valence-corrected chi connectivity index (χ3v) is 3.33. The van der Waals surface area contributed by atoms with Gasteiger partial charge in [0, 0.05) is 10.5 Å². The molecule has 0 spiro atoms. The second kappa shape index (κ2) is 5.93. The van der Waals surface area contributed by atoms with Crippen molar-refractivity contribution in [3.8, 4) is 5.75 Å². The molecule has 0 amide bonds. The average Bonchev–Trinajstić information content (AvgIpc) is 2.27. The van der Waals surface area contributed by atoms with Crippen molar-refractivity contribution < 1.29 is 17.9 Å². The van der Waals surface area contributed by atoms with Crippen molar-refractivity contribution in [2.75, 3.05) is 7.05 Å². The molecule has 0 saturated carbocycles. The average molecular weight is 326 g/mol. The first-order valence-corrected chi connectivity index (χ1v) is 6.25. The van der Waals surface area contributed by atoms with Crippen molar-refractivity contribution in [1.82, 2.24) is 5.32 Å². The fourth-order valence-corrected chi connectivity index (χ4v) is 2.06. The number of hydrogen-bond donors (Lipinski definition) is 1. The van der Waals surface area contributed by atoms with Gasteiger partial charge in [-0.1, -0.05) is 22.0 Å². The minimum Gasteiger partial charge on any atom is -0.481 e. The van der Waals surface area contributed by atoms with Gasteiger partial charge in [0.15, 0.2) is 6.10 Å². The first-order valence-electron chi connectivity index (χ1n) is 5.45. The zero-order valence-electron chi connectivity index (χ0n) is 10.3. The number of benzene rings is 1. The molecular weight excluding hydrogens is 311 g/mol. The fourth-order valence-electron chi connectivity index (χ4n) is 1.36. The third kappa shape index (κ3) is 3.88. The predicted octanol–water partition coefficient (Wildman–Crippen LogP) is 4.06. The second-order valence-corrected chi connectivity index (χ2v) is 4.85. The van der Waals surface area contributed by atoms with Crippen molar-refractivity contribution >= 4 is 15.9 Å². The maximum absolute atomic E-state index is 12.4. The van der Waals surface area contributed by atoms with Gasteiger partial charge in [0.05, 0.1) is 0 Å². The molecule has 102 valence electrons. The largest absolute Gasteiger partial charge is 0.481 e. The van der Waals surface area contributed by atoms with Gasteiger partial charge in [0.2, 0.25) is 0 Å². The van der Waals surface area contributed by atoms with Gasteiger partial charge >= 0.3 is 6.18 Å². The van der Waals surface area contributed by atoms with E-state index >= 15 is 0 Å². The van der Waals surface area contributed by atoms with Crippen LogP contribution in [0, 0.1) is 0 Å². The molecule has 0 aliphatic rings. The Morgan fingerprint density at radius 3 is 2.33 bits per heavy atom. The van der Waals surface area contributed by atoms with Crippen LogP contribution in [0.3, 0.4) is 0 Å². The Labute approximate surface area is 113 Å². The molecule has 0 aliphatic carbocycles. The molecule has 0 heterocycles. The van der Waals surface area contributed by atoms with Crippen LogP contribution in [0.2, 0.25) is 0 Å². The summed E-state index contributed by atoms with van der Waals surface area (Å²) in [5.74, 6) is 0.193. The normalized spacial score (nSPS) is 15.3. The quantitative estimate of drug-likeness (QED) is 0.901. The van der Waals surface area contributed by atoms with E-state index < -0.39 is 12.3 Å².